The molecule has 9 nitrogen and oxygen atoms in total. The van der Waals surface area contributed by atoms with Crippen LogP contribution in [0.3, 0.4) is 0 Å². The first-order valence-corrected chi connectivity index (χ1v) is 19.5. The van der Waals surface area contributed by atoms with Crippen molar-refractivity contribution in [3.63, 3.8) is 0 Å². The molecule has 0 amide bonds. The molecular formula is C34H47N5O4S2. The highest BCUT2D eigenvalue weighted by Crippen LogP contribution is 2.39. The van der Waals surface area contributed by atoms with Crippen LogP contribution in [0.2, 0.25) is 0 Å². The van der Waals surface area contributed by atoms with Crippen molar-refractivity contribution in [2.45, 2.75) is 66.3 Å². The minimum atomic E-state index is -3.89. The number of piperidine rings is 2. The van der Waals surface area contributed by atoms with E-state index in [1.165, 1.54) is 45.2 Å². The van der Waals surface area contributed by atoms with Crippen molar-refractivity contribution in [2.75, 3.05) is 76.7 Å². The van der Waals surface area contributed by atoms with Crippen molar-refractivity contribution >= 4 is 37.2 Å². The molecule has 2 aromatic carbocycles. The first kappa shape index (κ1) is 32.4. The molecule has 1 aromatic heterocycles. The van der Waals surface area contributed by atoms with Crippen LogP contribution in [0.1, 0.15) is 39.5 Å². The predicted octanol–water partition coefficient (Wildman–Crippen LogP) is 4.27. The molecule has 6 rings (SSSR count). The third kappa shape index (κ3) is 6.93. The maximum Gasteiger partial charge on any atom is 0.210 e. The molecule has 244 valence electrons. The molecular weight excluding hydrogens is 607 g/mol. The number of rotatable bonds is 9. The molecule has 0 aliphatic carbocycles. The maximum absolute atomic E-state index is 14.2. The van der Waals surface area contributed by atoms with Gasteiger partial charge in [-0.2, -0.15) is 0 Å². The lowest BCUT2D eigenvalue weighted by atomic mass is 9.96. The summed E-state index contributed by atoms with van der Waals surface area (Å²) in [4.78, 5) is 15.8. The van der Waals surface area contributed by atoms with Crippen molar-refractivity contribution < 1.29 is 17.4 Å². The largest absolute Gasteiger partial charge is 0.494 e. The minimum absolute atomic E-state index is 0.195. The maximum atomic E-state index is 14.2. The number of fused-ring (bicyclic) bond motifs is 1. The van der Waals surface area contributed by atoms with Crippen LogP contribution in [-0.4, -0.2) is 116 Å². The Morgan fingerprint density at radius 2 is 1.47 bits per heavy atom. The SMILES string of the molecule is CCOc1ccc(S(=O)(=O)c2cnc3ccc([S@](C)=O)cc3c2N2CCC(N3CCC(N4CCN(CC)CC4)CC3)CC2)cc1. The second-order valence-corrected chi connectivity index (χ2v) is 15.8. The number of sulfone groups is 1. The van der Waals surface area contributed by atoms with Crippen LogP contribution >= 0.6 is 0 Å². The summed E-state index contributed by atoms with van der Waals surface area (Å²) in [6.07, 6.45) is 7.56. The number of ether oxygens (including phenoxy) is 1. The Morgan fingerprint density at radius 1 is 0.844 bits per heavy atom. The van der Waals surface area contributed by atoms with Crippen LogP contribution in [0, 0.1) is 0 Å². The van der Waals surface area contributed by atoms with Gasteiger partial charge in [0.2, 0.25) is 9.84 Å². The van der Waals surface area contributed by atoms with E-state index >= 15 is 0 Å². The van der Waals surface area contributed by atoms with E-state index in [1.807, 2.05) is 25.1 Å². The standard InChI is InChI=1S/C34H47N5O4S2/c1-4-36-20-22-38(23-21-36)27-12-16-37(17-13-27)26-14-18-39(19-15-26)34-31-24-29(44(3)40)8-11-32(31)35-25-33(34)45(41,42)30-9-6-28(7-10-30)43-5-2/h6-11,24-27H,4-5,12-23H2,1-3H3/t44-/m0/s1. The number of nitrogens with zero attached hydrogens (tertiary/aromatic N) is 5. The highest BCUT2D eigenvalue weighted by molar-refractivity contribution is 7.91. The molecule has 3 aliphatic rings. The zero-order valence-electron chi connectivity index (χ0n) is 26.9. The van der Waals surface area contributed by atoms with Gasteiger partial charge < -0.3 is 19.4 Å². The number of benzene rings is 2. The zero-order chi connectivity index (χ0) is 31.6. The van der Waals surface area contributed by atoms with E-state index in [4.69, 9.17) is 4.74 Å². The lowest BCUT2D eigenvalue weighted by Crippen LogP contribution is -2.55. The van der Waals surface area contributed by atoms with Crippen molar-refractivity contribution in [1.29, 1.82) is 0 Å². The van der Waals surface area contributed by atoms with Gasteiger partial charge in [-0.3, -0.25) is 14.1 Å². The first-order valence-electron chi connectivity index (χ1n) is 16.5. The van der Waals surface area contributed by atoms with Gasteiger partial charge in [0.05, 0.1) is 22.7 Å². The van der Waals surface area contributed by atoms with Gasteiger partial charge in [-0.1, -0.05) is 6.92 Å². The molecule has 11 heteroatoms. The molecule has 3 aromatic rings. The summed E-state index contributed by atoms with van der Waals surface area (Å²) in [5.74, 6) is 0.633. The second-order valence-electron chi connectivity index (χ2n) is 12.5. The summed E-state index contributed by atoms with van der Waals surface area (Å²) in [5, 5.41) is 0.733. The number of pyridine rings is 1. The Labute approximate surface area is 270 Å². The third-order valence-electron chi connectivity index (χ3n) is 10.0. The summed E-state index contributed by atoms with van der Waals surface area (Å²) >= 11 is 0. The highest BCUT2D eigenvalue weighted by atomic mass is 32.2. The van der Waals surface area contributed by atoms with Crippen LogP contribution in [0.25, 0.3) is 10.9 Å². The molecule has 4 heterocycles. The Balaban J connectivity index is 1.22. The fraction of sp³-hybridized carbons (Fsp3) is 0.559. The van der Waals surface area contributed by atoms with Gasteiger partial charge in [0.25, 0.3) is 0 Å². The van der Waals surface area contributed by atoms with Gasteiger partial charge in [0.15, 0.2) is 0 Å². The molecule has 1 atom stereocenters. The van der Waals surface area contributed by atoms with Gasteiger partial charge in [0, 0.05) is 84.9 Å². The monoisotopic (exact) mass is 653 g/mol. The minimum Gasteiger partial charge on any atom is -0.494 e. The van der Waals surface area contributed by atoms with E-state index < -0.39 is 20.6 Å². The van der Waals surface area contributed by atoms with Crippen molar-refractivity contribution in [3.05, 3.63) is 48.7 Å². The molecule has 3 aliphatic heterocycles. The molecule has 3 saturated heterocycles. The average molecular weight is 654 g/mol. The van der Waals surface area contributed by atoms with Gasteiger partial charge in [-0.05, 0) is 94.7 Å². The van der Waals surface area contributed by atoms with Crippen LogP contribution in [0.15, 0.2) is 63.3 Å². The predicted molar refractivity (Wildman–Crippen MR) is 181 cm³/mol. The van der Waals surface area contributed by atoms with Gasteiger partial charge in [-0.25, -0.2) is 8.42 Å². The normalized spacial score (nSPS) is 20.9. The zero-order valence-corrected chi connectivity index (χ0v) is 28.5. The van der Waals surface area contributed by atoms with E-state index in [0.717, 1.165) is 51.0 Å². The Hall–Kier alpha value is -2.57. The molecule has 0 saturated carbocycles. The van der Waals surface area contributed by atoms with Crippen LogP contribution in [0.5, 0.6) is 5.75 Å². The lowest BCUT2D eigenvalue weighted by molar-refractivity contribution is 0.0449. The van der Waals surface area contributed by atoms with E-state index in [9.17, 15) is 12.6 Å². The third-order valence-corrected chi connectivity index (χ3v) is 12.7. The number of piperazine rings is 1. The molecule has 0 radical (unpaired) electrons. The van der Waals surface area contributed by atoms with Crippen LogP contribution in [0.4, 0.5) is 5.69 Å². The smallest absolute Gasteiger partial charge is 0.210 e. The quantitative estimate of drug-likeness (QED) is 0.336. The number of aromatic nitrogens is 1. The first-order chi connectivity index (χ1) is 21.8. The summed E-state index contributed by atoms with van der Waals surface area (Å²) in [7, 11) is -5.09. The van der Waals surface area contributed by atoms with E-state index in [-0.39, 0.29) is 9.79 Å². The van der Waals surface area contributed by atoms with Crippen LogP contribution < -0.4 is 9.64 Å². The Morgan fingerprint density at radius 3 is 2.07 bits per heavy atom. The molecule has 45 heavy (non-hydrogen) atoms. The summed E-state index contributed by atoms with van der Waals surface area (Å²) in [6, 6.07) is 13.3. The van der Waals surface area contributed by atoms with Gasteiger partial charge in [-0.15, -0.1) is 0 Å². The van der Waals surface area contributed by atoms with Gasteiger partial charge >= 0.3 is 0 Å². The fourth-order valence-corrected chi connectivity index (χ4v) is 9.34. The second kappa shape index (κ2) is 14.0. The topological polar surface area (TPSA) is 86.3 Å². The van der Waals surface area contributed by atoms with E-state index in [0.29, 0.717) is 40.5 Å². The average Bonchev–Trinajstić information content (AvgIpc) is 3.08. The molecule has 0 unspecified atom stereocenters. The highest BCUT2D eigenvalue weighted by Gasteiger charge is 2.34. The number of likely N-dealkylation sites (tertiary alicyclic amines) is 1. The van der Waals surface area contributed by atoms with Crippen molar-refractivity contribution in [3.8, 4) is 5.75 Å². The van der Waals surface area contributed by atoms with Crippen molar-refractivity contribution in [1.82, 2.24) is 19.7 Å². The summed E-state index contributed by atoms with van der Waals surface area (Å²) < 4.78 is 46.3. The van der Waals surface area contributed by atoms with E-state index in [2.05, 4.69) is 31.5 Å². The molecule has 0 bridgehead atoms. The van der Waals surface area contributed by atoms with Crippen molar-refractivity contribution in [2.24, 2.45) is 0 Å². The number of hydrogen-bond acceptors (Lipinski definition) is 9. The lowest BCUT2D eigenvalue weighted by Gasteiger charge is -2.46. The number of hydrogen-bond donors (Lipinski definition) is 0. The number of anilines is 1. The molecule has 3 fully saturated rings. The van der Waals surface area contributed by atoms with Gasteiger partial charge in [0.1, 0.15) is 10.6 Å². The summed E-state index contributed by atoms with van der Waals surface area (Å²) in [5.41, 5.74) is 1.37. The Kier molecular flexibility index (Phi) is 10.1. The summed E-state index contributed by atoms with van der Waals surface area (Å²) in [6.45, 7) is 14.3. The van der Waals surface area contributed by atoms with E-state index in [1.54, 1.807) is 30.5 Å². The molecule has 0 N–H and O–H groups in total. The molecule has 0 spiro atoms. The number of likely N-dealkylation sites (N-methyl/N-ethyl adjacent to an activating group) is 1. The fourth-order valence-electron chi connectivity index (χ4n) is 7.37. The van der Waals surface area contributed by atoms with Crippen LogP contribution in [-0.2, 0) is 20.6 Å². The Bertz CT molecular complexity index is 1590.